The zero-order valence-electron chi connectivity index (χ0n) is 15.6. The van der Waals surface area contributed by atoms with E-state index >= 15 is 0 Å². The van der Waals surface area contributed by atoms with Gasteiger partial charge < -0.3 is 16.2 Å². The molecule has 1 amide bonds. The summed E-state index contributed by atoms with van der Waals surface area (Å²) in [7, 11) is 0. The lowest BCUT2D eigenvalue weighted by atomic mass is 9.85. The number of hydrogen-bond acceptors (Lipinski definition) is 5. The van der Waals surface area contributed by atoms with Gasteiger partial charge in [-0.25, -0.2) is 10.4 Å². The number of rotatable bonds is 7. The maximum absolute atomic E-state index is 13.0. The van der Waals surface area contributed by atoms with Crippen molar-refractivity contribution in [1.29, 1.82) is 0 Å². The fourth-order valence-electron chi connectivity index (χ4n) is 2.72. The molecule has 0 radical (unpaired) electrons. The maximum atomic E-state index is 13.0. The number of carbonyl (C=O) groups excluding carboxylic acids is 1. The highest BCUT2D eigenvalue weighted by Crippen LogP contribution is 2.31. The van der Waals surface area contributed by atoms with Gasteiger partial charge in [0.25, 0.3) is 0 Å². The van der Waals surface area contributed by atoms with Crippen LogP contribution in [-0.4, -0.2) is 57.9 Å². The zero-order valence-corrected chi connectivity index (χ0v) is 17.2. The highest BCUT2D eigenvalue weighted by Gasteiger charge is 2.50. The van der Waals surface area contributed by atoms with E-state index in [1.54, 1.807) is 0 Å². The van der Waals surface area contributed by atoms with Crippen molar-refractivity contribution in [1.82, 2.24) is 15.8 Å². The van der Waals surface area contributed by atoms with Crippen LogP contribution in [0.5, 0.6) is 0 Å². The van der Waals surface area contributed by atoms with Crippen LogP contribution in [0.3, 0.4) is 0 Å². The largest absolute Gasteiger partial charge is 0.406 e. The summed E-state index contributed by atoms with van der Waals surface area (Å²) in [5.74, 6) is -0.518. The summed E-state index contributed by atoms with van der Waals surface area (Å²) in [5.41, 5.74) is 8.14. The smallest absolute Gasteiger partial charge is 0.374 e. The summed E-state index contributed by atoms with van der Waals surface area (Å²) in [5, 5.41) is 13.9. The molecule has 1 aliphatic rings. The van der Waals surface area contributed by atoms with Crippen molar-refractivity contribution >= 4 is 21.8 Å². The Kier molecular flexibility index (Phi) is 8.34. The molecule has 0 aromatic rings. The van der Waals surface area contributed by atoms with Crippen molar-refractivity contribution < 1.29 is 23.1 Å². The number of aliphatic hydroxyl groups is 1. The quantitative estimate of drug-likeness (QED) is 0.354. The number of carbonyl (C=O) groups is 1. The average molecular weight is 447 g/mol. The van der Waals surface area contributed by atoms with Crippen molar-refractivity contribution in [2.45, 2.75) is 82.3 Å². The van der Waals surface area contributed by atoms with Gasteiger partial charge >= 0.3 is 6.18 Å². The van der Waals surface area contributed by atoms with Gasteiger partial charge in [0.15, 0.2) is 0 Å². The predicted molar refractivity (Wildman–Crippen MR) is 97.3 cm³/mol. The molecule has 1 fully saturated rings. The Hall–Kier alpha value is -0.420. The van der Waals surface area contributed by atoms with E-state index in [2.05, 4.69) is 26.7 Å². The first kappa shape index (κ1) is 23.6. The Bertz CT molecular complexity index is 473. The van der Waals surface area contributed by atoms with Crippen LogP contribution in [0.2, 0.25) is 0 Å². The van der Waals surface area contributed by atoms with Crippen LogP contribution in [0, 0.1) is 5.41 Å². The van der Waals surface area contributed by atoms with Gasteiger partial charge in [-0.2, -0.15) is 13.2 Å². The van der Waals surface area contributed by atoms with Gasteiger partial charge in [-0.1, -0.05) is 50.0 Å². The molecular weight excluding hydrogens is 417 g/mol. The molecule has 10 heteroatoms. The molecule has 1 rings (SSSR count). The summed E-state index contributed by atoms with van der Waals surface area (Å²) in [6.07, 6.45) is -4.45. The number of hydrogen-bond donors (Lipinski definition) is 4. The molecule has 5 atom stereocenters. The molecule has 154 valence electrons. The molecule has 26 heavy (non-hydrogen) atoms. The van der Waals surface area contributed by atoms with Crippen LogP contribution in [0.25, 0.3) is 0 Å². The van der Waals surface area contributed by atoms with Gasteiger partial charge in [0.05, 0.1) is 4.83 Å². The van der Waals surface area contributed by atoms with E-state index in [9.17, 15) is 23.1 Å². The van der Waals surface area contributed by atoms with Gasteiger partial charge in [-0.05, 0) is 11.8 Å². The lowest BCUT2D eigenvalue weighted by Gasteiger charge is -2.31. The number of alkyl halides is 4. The number of halogens is 4. The van der Waals surface area contributed by atoms with Gasteiger partial charge in [-0.3, -0.25) is 4.79 Å². The van der Waals surface area contributed by atoms with E-state index in [4.69, 9.17) is 5.73 Å². The topological polar surface area (TPSA) is 90.6 Å². The van der Waals surface area contributed by atoms with Crippen LogP contribution in [0.15, 0.2) is 0 Å². The first-order valence-electron chi connectivity index (χ1n) is 8.75. The predicted octanol–water partition coefficient (Wildman–Crippen LogP) is 1.87. The van der Waals surface area contributed by atoms with E-state index in [1.165, 1.54) is 5.01 Å². The molecular formula is C16H30BrF3N4O2. The summed E-state index contributed by atoms with van der Waals surface area (Å²) >= 11 is 3.03. The second kappa shape index (κ2) is 9.18. The molecule has 0 spiro atoms. The monoisotopic (exact) mass is 446 g/mol. The second-order valence-electron chi connectivity index (χ2n) is 7.85. The average Bonchev–Trinajstić information content (AvgIpc) is 2.85. The Morgan fingerprint density at radius 3 is 2.42 bits per heavy atom. The minimum atomic E-state index is -4.42. The number of hydrazine groups is 1. The number of nitrogens with one attached hydrogen (secondary N) is 2. The van der Waals surface area contributed by atoms with E-state index < -0.39 is 35.2 Å². The van der Waals surface area contributed by atoms with Crippen molar-refractivity contribution in [3.8, 4) is 0 Å². The first-order chi connectivity index (χ1) is 11.8. The Labute approximate surface area is 161 Å². The Morgan fingerprint density at radius 1 is 1.42 bits per heavy atom. The van der Waals surface area contributed by atoms with Crippen LogP contribution < -0.4 is 16.5 Å². The number of nitrogens with zero attached hydrogens (tertiary/aromatic N) is 1. The molecule has 0 bridgehead atoms. The van der Waals surface area contributed by atoms with Gasteiger partial charge in [-0.15, -0.1) is 0 Å². The highest BCUT2D eigenvalue weighted by molar-refractivity contribution is 9.09. The van der Waals surface area contributed by atoms with Crippen LogP contribution >= 0.6 is 15.9 Å². The standard InChI is InChI=1S/C16H30BrF3N4O2/c1-5-6-10(24-8-9(17)13(23-24)16(18,19)20)14(26)22-12(25)7-11(21)15(2,3)4/h9-13,23,25H,5-8,21H2,1-4H3,(H,22,26). The fourth-order valence-corrected chi connectivity index (χ4v) is 3.45. The number of nitrogens with two attached hydrogens (primary N) is 1. The SMILES string of the molecule is CCCC(C(=O)NC(O)CC(N)C(C)(C)C)N1CC(Br)C(C(F)(F)F)N1. The molecule has 1 saturated heterocycles. The Morgan fingerprint density at radius 2 is 2.00 bits per heavy atom. The molecule has 0 aliphatic carbocycles. The highest BCUT2D eigenvalue weighted by atomic mass is 79.9. The minimum Gasteiger partial charge on any atom is -0.374 e. The van der Waals surface area contributed by atoms with Gasteiger partial charge in [0.2, 0.25) is 5.91 Å². The fraction of sp³-hybridized carbons (Fsp3) is 0.938. The molecule has 1 heterocycles. The normalized spacial score (nSPS) is 25.8. The van der Waals surface area contributed by atoms with E-state index in [1.807, 2.05) is 27.7 Å². The summed E-state index contributed by atoms with van der Waals surface area (Å²) in [6, 6.07) is -2.91. The molecule has 5 unspecified atom stereocenters. The molecule has 0 saturated carbocycles. The van der Waals surface area contributed by atoms with Crippen molar-refractivity contribution in [2.75, 3.05) is 6.54 Å². The summed E-state index contributed by atoms with van der Waals surface area (Å²) in [4.78, 5) is 11.7. The third-order valence-electron chi connectivity index (χ3n) is 4.53. The minimum absolute atomic E-state index is 0.0276. The van der Waals surface area contributed by atoms with Gasteiger partial charge in [0, 0.05) is 19.0 Å². The van der Waals surface area contributed by atoms with Crippen molar-refractivity contribution in [3.05, 3.63) is 0 Å². The lowest BCUT2D eigenvalue weighted by molar-refractivity contribution is -0.158. The zero-order chi connectivity index (χ0) is 20.3. The maximum Gasteiger partial charge on any atom is 0.406 e. The van der Waals surface area contributed by atoms with E-state index in [0.29, 0.717) is 12.8 Å². The van der Waals surface area contributed by atoms with Crippen LogP contribution in [-0.2, 0) is 4.79 Å². The van der Waals surface area contributed by atoms with E-state index in [-0.39, 0.29) is 24.4 Å². The van der Waals surface area contributed by atoms with Gasteiger partial charge in [0.1, 0.15) is 18.3 Å². The second-order valence-corrected chi connectivity index (χ2v) is 9.03. The van der Waals surface area contributed by atoms with Crippen LogP contribution in [0.4, 0.5) is 13.2 Å². The molecule has 0 aromatic carbocycles. The first-order valence-corrected chi connectivity index (χ1v) is 9.66. The van der Waals surface area contributed by atoms with E-state index in [0.717, 1.165) is 0 Å². The third-order valence-corrected chi connectivity index (χ3v) is 5.35. The van der Waals surface area contributed by atoms with Crippen molar-refractivity contribution in [3.63, 3.8) is 0 Å². The number of aliphatic hydroxyl groups excluding tert-OH is 1. The Balaban J connectivity index is 2.73. The molecule has 1 aliphatic heterocycles. The molecule has 6 nitrogen and oxygen atoms in total. The lowest BCUT2D eigenvalue weighted by Crippen LogP contribution is -2.55. The van der Waals surface area contributed by atoms with Crippen molar-refractivity contribution in [2.24, 2.45) is 11.1 Å². The summed E-state index contributed by atoms with van der Waals surface area (Å²) < 4.78 is 39.1. The number of amides is 1. The summed E-state index contributed by atoms with van der Waals surface area (Å²) in [6.45, 7) is 7.64. The molecule has 5 N–H and O–H groups in total. The third kappa shape index (κ3) is 6.63. The molecule has 0 aromatic heterocycles. The van der Waals surface area contributed by atoms with Crippen LogP contribution in [0.1, 0.15) is 47.0 Å².